The van der Waals surface area contributed by atoms with Gasteiger partial charge in [0.05, 0.1) is 5.75 Å². The van der Waals surface area contributed by atoms with Gasteiger partial charge in [0.25, 0.3) is 0 Å². The topological polar surface area (TPSA) is 52.7 Å². The zero-order chi connectivity index (χ0) is 21.2. The summed E-state index contributed by atoms with van der Waals surface area (Å²) >= 11 is 1.48. The van der Waals surface area contributed by atoms with Gasteiger partial charge in [-0.25, -0.2) is 0 Å². The molecule has 0 spiro atoms. The third kappa shape index (κ3) is 6.89. The van der Waals surface area contributed by atoms with Crippen molar-refractivity contribution in [2.24, 2.45) is 0 Å². The number of amides is 1. The standard InChI is InChI=1S/C24H31N3O2S/c1-30-19-24(29)25-21-9-7-8-20(18-21)23(28)12-5-6-13-26-14-16-27(17-15-26)22-10-3-2-4-11-22/h2-4,7-11,18H,5-6,12-17,19H2,1H3,(H,25,29). The van der Waals surface area contributed by atoms with Crippen LogP contribution in [0.15, 0.2) is 54.6 Å². The lowest BCUT2D eigenvalue weighted by molar-refractivity contribution is -0.113. The number of nitrogens with zero attached hydrogens (tertiary/aromatic N) is 2. The van der Waals surface area contributed by atoms with Crippen molar-refractivity contribution < 1.29 is 9.59 Å². The summed E-state index contributed by atoms with van der Waals surface area (Å²) in [6.45, 7) is 5.29. The summed E-state index contributed by atoms with van der Waals surface area (Å²) in [5, 5.41) is 2.84. The lowest BCUT2D eigenvalue weighted by atomic mass is 10.0. The third-order valence-electron chi connectivity index (χ3n) is 5.37. The smallest absolute Gasteiger partial charge is 0.234 e. The highest BCUT2D eigenvalue weighted by molar-refractivity contribution is 7.99. The Labute approximate surface area is 183 Å². The first-order valence-electron chi connectivity index (χ1n) is 10.6. The van der Waals surface area contributed by atoms with Gasteiger partial charge in [0.2, 0.25) is 5.91 Å². The number of para-hydroxylation sites is 1. The van der Waals surface area contributed by atoms with Crippen LogP contribution in [0.2, 0.25) is 0 Å². The highest BCUT2D eigenvalue weighted by atomic mass is 32.2. The van der Waals surface area contributed by atoms with E-state index in [1.807, 2.05) is 24.5 Å². The predicted octanol–water partition coefficient (Wildman–Crippen LogP) is 4.16. The molecule has 0 unspecified atom stereocenters. The lowest BCUT2D eigenvalue weighted by Gasteiger charge is -2.36. The van der Waals surface area contributed by atoms with Crippen LogP contribution >= 0.6 is 11.8 Å². The molecular formula is C24H31N3O2S. The highest BCUT2D eigenvalue weighted by Crippen LogP contribution is 2.17. The third-order valence-corrected chi connectivity index (χ3v) is 5.92. The first-order valence-corrected chi connectivity index (χ1v) is 12.0. The van der Waals surface area contributed by atoms with Gasteiger partial charge in [0, 0.05) is 49.5 Å². The van der Waals surface area contributed by atoms with E-state index < -0.39 is 0 Å². The molecule has 1 saturated heterocycles. The van der Waals surface area contributed by atoms with Crippen molar-refractivity contribution in [3.8, 4) is 0 Å². The van der Waals surface area contributed by atoms with Gasteiger partial charge in [-0.3, -0.25) is 14.5 Å². The van der Waals surface area contributed by atoms with Crippen molar-refractivity contribution in [2.45, 2.75) is 19.3 Å². The molecule has 1 aliphatic rings. The first kappa shape index (κ1) is 22.4. The van der Waals surface area contributed by atoms with Crippen LogP contribution in [0.3, 0.4) is 0 Å². The Kier molecular flexibility index (Phi) is 8.78. The number of hydrogen-bond donors (Lipinski definition) is 1. The average Bonchev–Trinajstić information content (AvgIpc) is 2.78. The molecule has 0 saturated carbocycles. The maximum Gasteiger partial charge on any atom is 0.234 e. The molecule has 0 bridgehead atoms. The number of ketones is 1. The predicted molar refractivity (Wildman–Crippen MR) is 127 cm³/mol. The average molecular weight is 426 g/mol. The zero-order valence-electron chi connectivity index (χ0n) is 17.7. The summed E-state index contributed by atoms with van der Waals surface area (Å²) in [5.41, 5.74) is 2.67. The van der Waals surface area contributed by atoms with Crippen molar-refractivity contribution in [1.82, 2.24) is 4.90 Å². The van der Waals surface area contributed by atoms with Crippen molar-refractivity contribution >= 4 is 34.8 Å². The van der Waals surface area contributed by atoms with Crippen LogP contribution in [0.1, 0.15) is 29.6 Å². The zero-order valence-corrected chi connectivity index (χ0v) is 18.5. The summed E-state index contributed by atoms with van der Waals surface area (Å²) in [4.78, 5) is 29.2. The number of thioether (sulfide) groups is 1. The second kappa shape index (κ2) is 11.8. The van der Waals surface area contributed by atoms with E-state index in [0.717, 1.165) is 45.6 Å². The van der Waals surface area contributed by atoms with Gasteiger partial charge in [0.1, 0.15) is 0 Å². The van der Waals surface area contributed by atoms with Gasteiger partial charge in [-0.15, -0.1) is 0 Å². The van der Waals surface area contributed by atoms with Gasteiger partial charge in [0.15, 0.2) is 5.78 Å². The Morgan fingerprint density at radius 1 is 0.967 bits per heavy atom. The number of Topliss-reactive ketones (excluding diaryl/α,β-unsaturated/α-hetero) is 1. The van der Waals surface area contributed by atoms with Crippen molar-refractivity contribution in [3.63, 3.8) is 0 Å². The fourth-order valence-electron chi connectivity index (χ4n) is 3.73. The molecule has 2 aromatic carbocycles. The molecule has 1 heterocycles. The normalized spacial score (nSPS) is 14.5. The molecule has 5 nitrogen and oxygen atoms in total. The molecule has 2 aromatic rings. The maximum absolute atomic E-state index is 12.5. The number of carbonyl (C=O) groups is 2. The molecule has 3 rings (SSSR count). The summed E-state index contributed by atoms with van der Waals surface area (Å²) < 4.78 is 0. The molecule has 30 heavy (non-hydrogen) atoms. The van der Waals surface area contributed by atoms with Crippen LogP contribution in [0.25, 0.3) is 0 Å². The fraction of sp³-hybridized carbons (Fsp3) is 0.417. The molecule has 1 aliphatic heterocycles. The minimum Gasteiger partial charge on any atom is -0.369 e. The van der Waals surface area contributed by atoms with Crippen molar-refractivity contribution in [1.29, 1.82) is 0 Å². The number of hydrogen-bond acceptors (Lipinski definition) is 5. The summed E-state index contributed by atoms with van der Waals surface area (Å²) in [7, 11) is 0. The molecule has 0 atom stereocenters. The monoisotopic (exact) mass is 425 g/mol. The van der Waals surface area contributed by atoms with Crippen LogP contribution in [-0.4, -0.2) is 61.3 Å². The van der Waals surface area contributed by atoms with Gasteiger partial charge in [-0.05, 0) is 49.9 Å². The minimum atomic E-state index is -0.0422. The molecule has 1 amide bonds. The number of nitrogens with one attached hydrogen (secondary N) is 1. The minimum absolute atomic E-state index is 0.0422. The Hall–Kier alpha value is -2.31. The second-order valence-electron chi connectivity index (χ2n) is 7.61. The first-order chi connectivity index (χ1) is 14.7. The number of anilines is 2. The number of rotatable bonds is 10. The quantitative estimate of drug-likeness (QED) is 0.458. The van der Waals surface area contributed by atoms with Gasteiger partial charge in [-0.1, -0.05) is 30.3 Å². The molecule has 160 valence electrons. The van der Waals surface area contributed by atoms with Crippen molar-refractivity contribution in [2.75, 3.05) is 54.9 Å². The van der Waals surface area contributed by atoms with E-state index in [1.165, 1.54) is 17.4 Å². The van der Waals surface area contributed by atoms with E-state index >= 15 is 0 Å². The largest absolute Gasteiger partial charge is 0.369 e. The van der Waals surface area contributed by atoms with Gasteiger partial charge in [-0.2, -0.15) is 11.8 Å². The van der Waals surface area contributed by atoms with Crippen LogP contribution in [0.4, 0.5) is 11.4 Å². The number of unbranched alkanes of at least 4 members (excludes halogenated alkanes) is 1. The maximum atomic E-state index is 12.5. The van der Waals surface area contributed by atoms with E-state index in [-0.39, 0.29) is 11.7 Å². The molecule has 0 radical (unpaired) electrons. The Bertz CT molecular complexity index is 820. The molecule has 0 aliphatic carbocycles. The Balaban J connectivity index is 1.36. The number of piperazine rings is 1. The van der Waals surface area contributed by atoms with Crippen LogP contribution in [0.5, 0.6) is 0 Å². The second-order valence-corrected chi connectivity index (χ2v) is 8.47. The Morgan fingerprint density at radius 3 is 2.47 bits per heavy atom. The van der Waals surface area contributed by atoms with Crippen LogP contribution in [-0.2, 0) is 4.79 Å². The van der Waals surface area contributed by atoms with Crippen molar-refractivity contribution in [3.05, 3.63) is 60.2 Å². The SMILES string of the molecule is CSCC(=O)Nc1cccc(C(=O)CCCCN2CCN(c3ccccc3)CC2)c1. The molecule has 0 aromatic heterocycles. The van der Waals surface area contributed by atoms with Gasteiger partial charge >= 0.3 is 0 Å². The lowest BCUT2D eigenvalue weighted by Crippen LogP contribution is -2.46. The van der Waals surface area contributed by atoms with E-state index in [1.54, 1.807) is 6.07 Å². The van der Waals surface area contributed by atoms with E-state index in [9.17, 15) is 9.59 Å². The summed E-state index contributed by atoms with van der Waals surface area (Å²) in [6, 6.07) is 17.8. The molecule has 1 fully saturated rings. The molecule has 1 N–H and O–H groups in total. The highest BCUT2D eigenvalue weighted by Gasteiger charge is 2.16. The van der Waals surface area contributed by atoms with Crippen LogP contribution in [0, 0.1) is 0 Å². The van der Waals surface area contributed by atoms with E-state index in [0.29, 0.717) is 23.4 Å². The molecule has 6 heteroatoms. The number of benzene rings is 2. The number of carbonyl (C=O) groups excluding carboxylic acids is 2. The van der Waals surface area contributed by atoms with E-state index in [2.05, 4.69) is 45.4 Å². The van der Waals surface area contributed by atoms with E-state index in [4.69, 9.17) is 0 Å². The summed E-state index contributed by atoms with van der Waals surface area (Å²) in [6.07, 6.45) is 4.36. The summed E-state index contributed by atoms with van der Waals surface area (Å²) in [5.74, 6) is 0.516. The fourth-order valence-corrected chi connectivity index (χ4v) is 4.07. The molecular weight excluding hydrogens is 394 g/mol. The van der Waals surface area contributed by atoms with Gasteiger partial charge < -0.3 is 10.2 Å². The van der Waals surface area contributed by atoms with Crippen LogP contribution < -0.4 is 10.2 Å². The Morgan fingerprint density at radius 2 is 1.73 bits per heavy atom.